The van der Waals surface area contributed by atoms with Crippen molar-refractivity contribution in [3.63, 3.8) is 0 Å². The van der Waals surface area contributed by atoms with Crippen molar-refractivity contribution < 1.29 is 9.53 Å². The highest BCUT2D eigenvalue weighted by Crippen LogP contribution is 2.44. The molecule has 0 unspecified atom stereocenters. The summed E-state index contributed by atoms with van der Waals surface area (Å²) in [6.45, 7) is 3.62. The van der Waals surface area contributed by atoms with Crippen molar-refractivity contribution in [1.29, 1.82) is 0 Å². The number of nitrogens with one attached hydrogen (secondary N) is 1. The number of rotatable bonds is 4. The fraction of sp³-hybridized carbons (Fsp3) is 0.632. The van der Waals surface area contributed by atoms with E-state index in [1.54, 1.807) is 0 Å². The van der Waals surface area contributed by atoms with Gasteiger partial charge in [0.1, 0.15) is 0 Å². The Labute approximate surface area is 148 Å². The topological polar surface area (TPSA) is 41.6 Å². The Balaban J connectivity index is 1.48. The fourth-order valence-corrected chi connectivity index (χ4v) is 4.49. The van der Waals surface area contributed by atoms with Gasteiger partial charge in [0, 0.05) is 5.02 Å². The first-order chi connectivity index (χ1) is 11.7. The predicted octanol–water partition coefficient (Wildman–Crippen LogP) is 2.74. The first-order valence-electron chi connectivity index (χ1n) is 9.08. The maximum atomic E-state index is 13.1. The van der Waals surface area contributed by atoms with Crippen LogP contribution in [-0.4, -0.2) is 49.2 Å². The molecule has 1 N–H and O–H groups in total. The molecule has 3 aliphatic rings. The van der Waals surface area contributed by atoms with Crippen molar-refractivity contribution in [1.82, 2.24) is 10.2 Å². The number of likely N-dealkylation sites (tertiary alicyclic amines) is 1. The zero-order chi connectivity index (χ0) is 16.6. The number of carbonyl (C=O) groups is 1. The molecule has 24 heavy (non-hydrogen) atoms. The van der Waals surface area contributed by atoms with Crippen molar-refractivity contribution in [2.75, 3.05) is 26.3 Å². The van der Waals surface area contributed by atoms with Gasteiger partial charge >= 0.3 is 0 Å². The minimum absolute atomic E-state index is 0.111. The quantitative estimate of drug-likeness (QED) is 0.909. The number of hydrogen-bond acceptors (Lipinski definition) is 3. The molecule has 1 amide bonds. The van der Waals surface area contributed by atoms with E-state index in [1.165, 1.54) is 12.8 Å². The van der Waals surface area contributed by atoms with Crippen molar-refractivity contribution in [3.05, 3.63) is 34.9 Å². The Kier molecular flexibility index (Phi) is 4.54. The second-order valence-corrected chi connectivity index (χ2v) is 7.81. The number of hydrogen-bond donors (Lipinski definition) is 1. The minimum atomic E-state index is -0.372. The molecule has 1 aromatic carbocycles. The molecular weight excluding hydrogens is 324 g/mol. The van der Waals surface area contributed by atoms with Crippen molar-refractivity contribution in [2.45, 2.75) is 49.6 Å². The van der Waals surface area contributed by atoms with E-state index in [0.717, 1.165) is 44.5 Å². The number of ether oxygens (including phenoxy) is 1. The number of benzene rings is 1. The molecule has 1 aliphatic carbocycles. The molecule has 0 radical (unpaired) electrons. The normalized spacial score (nSPS) is 29.4. The third-order valence-electron chi connectivity index (χ3n) is 6.02. The predicted molar refractivity (Wildman–Crippen MR) is 94.3 cm³/mol. The van der Waals surface area contributed by atoms with Gasteiger partial charge in [-0.3, -0.25) is 9.69 Å². The standard InChI is InChI=1S/C19H25ClN2O2/c20-15-6-4-14(5-7-15)19(8-3-9-19)18(23)21-16-12-24-13-17(16)22-10-1-2-11-22/h4-7,16-17H,1-3,8-13H2,(H,21,23)/t16-,17-/m1/s1. The van der Waals surface area contributed by atoms with Gasteiger partial charge in [0.2, 0.25) is 5.91 Å². The Morgan fingerprint density at radius 1 is 1.12 bits per heavy atom. The molecule has 3 fully saturated rings. The van der Waals surface area contributed by atoms with E-state index in [1.807, 2.05) is 24.3 Å². The first-order valence-corrected chi connectivity index (χ1v) is 9.46. The van der Waals surface area contributed by atoms with Gasteiger partial charge in [-0.1, -0.05) is 30.2 Å². The van der Waals surface area contributed by atoms with Crippen LogP contribution in [0.3, 0.4) is 0 Å². The molecule has 0 spiro atoms. The Morgan fingerprint density at radius 2 is 1.83 bits per heavy atom. The van der Waals surface area contributed by atoms with Gasteiger partial charge in [-0.2, -0.15) is 0 Å². The molecule has 130 valence electrons. The van der Waals surface area contributed by atoms with Crippen molar-refractivity contribution in [2.24, 2.45) is 0 Å². The van der Waals surface area contributed by atoms with Crippen LogP contribution in [0.1, 0.15) is 37.7 Å². The maximum Gasteiger partial charge on any atom is 0.231 e. The lowest BCUT2D eigenvalue weighted by atomic mass is 9.63. The zero-order valence-corrected chi connectivity index (χ0v) is 14.7. The molecule has 1 aromatic rings. The molecule has 2 aliphatic heterocycles. The Morgan fingerprint density at radius 3 is 2.46 bits per heavy atom. The first kappa shape index (κ1) is 16.4. The Hall–Kier alpha value is -1.10. The summed E-state index contributed by atoms with van der Waals surface area (Å²) in [6.07, 6.45) is 5.45. The number of halogens is 1. The van der Waals surface area contributed by atoms with Crippen LogP contribution in [0.5, 0.6) is 0 Å². The summed E-state index contributed by atoms with van der Waals surface area (Å²) in [7, 11) is 0. The van der Waals surface area contributed by atoms with Gasteiger partial charge in [-0.25, -0.2) is 0 Å². The van der Waals surface area contributed by atoms with E-state index in [-0.39, 0.29) is 17.4 Å². The summed E-state index contributed by atoms with van der Waals surface area (Å²) < 4.78 is 5.69. The number of carbonyl (C=O) groups excluding carboxylic acids is 1. The molecule has 1 saturated carbocycles. The lowest BCUT2D eigenvalue weighted by Gasteiger charge is -2.42. The van der Waals surface area contributed by atoms with Gasteiger partial charge in [-0.15, -0.1) is 0 Å². The molecule has 4 rings (SSSR count). The summed E-state index contributed by atoms with van der Waals surface area (Å²) in [4.78, 5) is 15.6. The zero-order valence-electron chi connectivity index (χ0n) is 14.0. The average Bonchev–Trinajstić information content (AvgIpc) is 3.18. The van der Waals surface area contributed by atoms with Crippen molar-refractivity contribution >= 4 is 17.5 Å². The maximum absolute atomic E-state index is 13.1. The number of amides is 1. The van der Waals surface area contributed by atoms with E-state index in [4.69, 9.17) is 16.3 Å². The molecule has 2 heterocycles. The molecule has 0 aromatic heterocycles. The summed E-state index contributed by atoms with van der Waals surface area (Å²) >= 11 is 6.01. The summed E-state index contributed by atoms with van der Waals surface area (Å²) in [6, 6.07) is 8.22. The largest absolute Gasteiger partial charge is 0.378 e. The average molecular weight is 349 g/mol. The molecule has 2 atom stereocenters. The highest BCUT2D eigenvalue weighted by Gasteiger charge is 2.47. The van der Waals surface area contributed by atoms with Crippen LogP contribution < -0.4 is 5.32 Å². The van der Waals surface area contributed by atoms with Gasteiger partial charge in [0.25, 0.3) is 0 Å². The van der Waals surface area contributed by atoms with Gasteiger partial charge in [0.15, 0.2) is 0 Å². The third kappa shape index (κ3) is 2.85. The van der Waals surface area contributed by atoms with Crippen LogP contribution in [0, 0.1) is 0 Å². The van der Waals surface area contributed by atoms with Crippen LogP contribution in [-0.2, 0) is 14.9 Å². The van der Waals surface area contributed by atoms with Crippen LogP contribution in [0.25, 0.3) is 0 Å². The summed E-state index contributed by atoms with van der Waals surface area (Å²) in [5.41, 5.74) is 0.718. The van der Waals surface area contributed by atoms with Crippen LogP contribution in [0.2, 0.25) is 5.02 Å². The smallest absolute Gasteiger partial charge is 0.231 e. The molecular formula is C19H25ClN2O2. The summed E-state index contributed by atoms with van der Waals surface area (Å²) in [5.74, 6) is 0.163. The minimum Gasteiger partial charge on any atom is -0.378 e. The van der Waals surface area contributed by atoms with Gasteiger partial charge in [0.05, 0.1) is 30.7 Å². The Bertz CT molecular complexity index is 594. The fourth-order valence-electron chi connectivity index (χ4n) is 4.37. The van der Waals surface area contributed by atoms with E-state index >= 15 is 0 Å². The van der Waals surface area contributed by atoms with E-state index in [2.05, 4.69) is 10.2 Å². The monoisotopic (exact) mass is 348 g/mol. The summed E-state index contributed by atoms with van der Waals surface area (Å²) in [5, 5.41) is 4.04. The highest BCUT2D eigenvalue weighted by atomic mass is 35.5. The van der Waals surface area contributed by atoms with Crippen LogP contribution in [0.15, 0.2) is 24.3 Å². The second kappa shape index (κ2) is 6.66. The SMILES string of the molecule is O=C(N[C@@H]1COC[C@H]1N1CCCC1)C1(c2ccc(Cl)cc2)CCC1. The van der Waals surface area contributed by atoms with Gasteiger partial charge in [-0.05, 0) is 56.5 Å². The van der Waals surface area contributed by atoms with E-state index in [9.17, 15) is 4.79 Å². The van der Waals surface area contributed by atoms with E-state index in [0.29, 0.717) is 17.7 Å². The van der Waals surface area contributed by atoms with Gasteiger partial charge < -0.3 is 10.1 Å². The second-order valence-electron chi connectivity index (χ2n) is 7.37. The molecule has 0 bridgehead atoms. The van der Waals surface area contributed by atoms with Crippen LogP contribution >= 0.6 is 11.6 Å². The lowest BCUT2D eigenvalue weighted by Crippen LogP contribution is -2.57. The lowest BCUT2D eigenvalue weighted by molar-refractivity contribution is -0.131. The number of nitrogens with zero attached hydrogens (tertiary/aromatic N) is 1. The molecule has 2 saturated heterocycles. The van der Waals surface area contributed by atoms with E-state index < -0.39 is 0 Å². The molecule has 4 nitrogen and oxygen atoms in total. The third-order valence-corrected chi connectivity index (χ3v) is 6.27. The van der Waals surface area contributed by atoms with Crippen molar-refractivity contribution in [3.8, 4) is 0 Å². The molecule has 5 heteroatoms. The van der Waals surface area contributed by atoms with Crippen LogP contribution in [0.4, 0.5) is 0 Å². The highest BCUT2D eigenvalue weighted by molar-refractivity contribution is 6.30.